The number of hydrogen-bond acceptors (Lipinski definition) is 4. The molecule has 0 aromatic heterocycles. The predicted molar refractivity (Wildman–Crippen MR) is 59.3 cm³/mol. The molecule has 0 aromatic rings. The van der Waals surface area contributed by atoms with Crippen molar-refractivity contribution < 1.29 is 19.4 Å². The monoisotopic (exact) mass is 232 g/mol. The van der Waals surface area contributed by atoms with Gasteiger partial charge in [0.15, 0.2) is 0 Å². The third-order valence-electron chi connectivity index (χ3n) is 1.91. The van der Waals surface area contributed by atoms with Gasteiger partial charge in [0.2, 0.25) is 5.91 Å². The lowest BCUT2D eigenvalue weighted by Crippen LogP contribution is -2.41. The SMILES string of the molecule is CCCNC(=O)CN(CCOC)CC(=O)O. The van der Waals surface area contributed by atoms with Gasteiger partial charge in [-0.15, -0.1) is 0 Å². The van der Waals surface area contributed by atoms with Crippen LogP contribution in [0.15, 0.2) is 0 Å². The molecule has 0 saturated heterocycles. The highest BCUT2D eigenvalue weighted by atomic mass is 16.5. The van der Waals surface area contributed by atoms with Crippen molar-refractivity contribution in [3.63, 3.8) is 0 Å². The lowest BCUT2D eigenvalue weighted by Gasteiger charge is -2.18. The van der Waals surface area contributed by atoms with Gasteiger partial charge in [-0.05, 0) is 6.42 Å². The smallest absolute Gasteiger partial charge is 0.317 e. The number of carboxylic acid groups (broad SMARTS) is 1. The molecule has 0 spiro atoms. The van der Waals surface area contributed by atoms with Gasteiger partial charge in [-0.25, -0.2) is 0 Å². The summed E-state index contributed by atoms with van der Waals surface area (Å²) in [6, 6.07) is 0. The fourth-order valence-electron chi connectivity index (χ4n) is 1.15. The van der Waals surface area contributed by atoms with E-state index >= 15 is 0 Å². The highest BCUT2D eigenvalue weighted by Gasteiger charge is 2.13. The summed E-state index contributed by atoms with van der Waals surface area (Å²) in [5, 5.41) is 11.4. The third kappa shape index (κ3) is 8.19. The minimum absolute atomic E-state index is 0.0929. The lowest BCUT2D eigenvalue weighted by atomic mass is 10.4. The molecule has 0 heterocycles. The van der Waals surface area contributed by atoms with Crippen molar-refractivity contribution in [2.24, 2.45) is 0 Å². The van der Waals surface area contributed by atoms with Crippen molar-refractivity contribution in [2.75, 3.05) is 39.9 Å². The first-order chi connectivity index (χ1) is 7.60. The topological polar surface area (TPSA) is 78.9 Å². The van der Waals surface area contributed by atoms with E-state index in [1.807, 2.05) is 6.92 Å². The van der Waals surface area contributed by atoms with Crippen LogP contribution in [0, 0.1) is 0 Å². The van der Waals surface area contributed by atoms with Gasteiger partial charge in [-0.1, -0.05) is 6.92 Å². The van der Waals surface area contributed by atoms with Crippen molar-refractivity contribution in [3.05, 3.63) is 0 Å². The first-order valence-corrected chi connectivity index (χ1v) is 5.30. The lowest BCUT2D eigenvalue weighted by molar-refractivity contribution is -0.138. The second-order valence-corrected chi connectivity index (χ2v) is 3.45. The molecule has 0 aliphatic rings. The van der Waals surface area contributed by atoms with Crippen LogP contribution in [0.1, 0.15) is 13.3 Å². The number of hydrogen-bond donors (Lipinski definition) is 2. The van der Waals surface area contributed by atoms with Crippen LogP contribution in [-0.4, -0.2) is 61.8 Å². The Morgan fingerprint density at radius 1 is 1.38 bits per heavy atom. The van der Waals surface area contributed by atoms with Crippen molar-refractivity contribution in [1.82, 2.24) is 10.2 Å². The standard InChI is InChI=1S/C10H20N2O4/c1-3-4-11-9(13)7-12(5-6-16-2)8-10(14)15/h3-8H2,1-2H3,(H,11,13)(H,14,15). The summed E-state index contributed by atoms with van der Waals surface area (Å²) in [5.74, 6) is -1.10. The third-order valence-corrected chi connectivity index (χ3v) is 1.91. The van der Waals surface area contributed by atoms with Gasteiger partial charge in [0.25, 0.3) is 0 Å². The fourth-order valence-corrected chi connectivity index (χ4v) is 1.15. The summed E-state index contributed by atoms with van der Waals surface area (Å²) in [6.45, 7) is 3.36. The molecule has 0 atom stereocenters. The number of ether oxygens (including phenoxy) is 1. The molecule has 16 heavy (non-hydrogen) atoms. The van der Waals surface area contributed by atoms with E-state index in [9.17, 15) is 9.59 Å². The van der Waals surface area contributed by atoms with Crippen molar-refractivity contribution in [1.29, 1.82) is 0 Å². The molecule has 0 radical (unpaired) electrons. The maximum absolute atomic E-state index is 11.4. The highest BCUT2D eigenvalue weighted by Crippen LogP contribution is 1.89. The molecular formula is C10H20N2O4. The van der Waals surface area contributed by atoms with E-state index in [4.69, 9.17) is 9.84 Å². The highest BCUT2D eigenvalue weighted by molar-refractivity contribution is 5.78. The zero-order valence-corrected chi connectivity index (χ0v) is 9.86. The van der Waals surface area contributed by atoms with Crippen LogP contribution in [0.4, 0.5) is 0 Å². The molecule has 94 valence electrons. The van der Waals surface area contributed by atoms with Gasteiger partial charge in [0.1, 0.15) is 0 Å². The van der Waals surface area contributed by atoms with Gasteiger partial charge in [0.05, 0.1) is 19.7 Å². The number of carbonyl (C=O) groups is 2. The zero-order valence-electron chi connectivity index (χ0n) is 9.86. The van der Waals surface area contributed by atoms with Crippen LogP contribution < -0.4 is 5.32 Å². The van der Waals surface area contributed by atoms with Gasteiger partial charge < -0.3 is 15.2 Å². The molecule has 0 saturated carbocycles. The van der Waals surface area contributed by atoms with E-state index in [0.717, 1.165) is 6.42 Å². The van der Waals surface area contributed by atoms with Crippen molar-refractivity contribution in [2.45, 2.75) is 13.3 Å². The Morgan fingerprint density at radius 2 is 2.06 bits per heavy atom. The largest absolute Gasteiger partial charge is 0.480 e. The molecule has 0 aromatic carbocycles. The Balaban J connectivity index is 3.97. The molecule has 0 unspecified atom stereocenters. The Kier molecular flexibility index (Phi) is 8.46. The average molecular weight is 232 g/mol. The van der Waals surface area contributed by atoms with Crippen LogP contribution in [0.2, 0.25) is 0 Å². The van der Waals surface area contributed by atoms with Gasteiger partial charge in [-0.2, -0.15) is 0 Å². The Labute approximate surface area is 95.6 Å². The van der Waals surface area contributed by atoms with Crippen molar-refractivity contribution >= 4 is 11.9 Å². The van der Waals surface area contributed by atoms with Gasteiger partial charge in [0, 0.05) is 20.2 Å². The summed E-state index contributed by atoms with van der Waals surface area (Å²) in [7, 11) is 1.54. The summed E-state index contributed by atoms with van der Waals surface area (Å²) < 4.78 is 4.85. The predicted octanol–water partition coefficient (Wildman–Crippen LogP) is -0.454. The molecule has 6 heteroatoms. The summed E-state index contributed by atoms with van der Waals surface area (Å²) in [6.07, 6.45) is 0.864. The van der Waals surface area contributed by atoms with E-state index in [0.29, 0.717) is 19.7 Å². The summed E-state index contributed by atoms with van der Waals surface area (Å²) in [4.78, 5) is 23.5. The maximum atomic E-state index is 11.4. The first-order valence-electron chi connectivity index (χ1n) is 5.30. The number of methoxy groups -OCH3 is 1. The molecule has 0 fully saturated rings. The number of carbonyl (C=O) groups excluding carboxylic acids is 1. The molecule has 0 bridgehead atoms. The van der Waals surface area contributed by atoms with E-state index in [-0.39, 0.29) is 19.0 Å². The van der Waals surface area contributed by atoms with Crippen LogP contribution in [-0.2, 0) is 14.3 Å². The van der Waals surface area contributed by atoms with Gasteiger partial charge >= 0.3 is 5.97 Å². The molecule has 0 aliphatic carbocycles. The Morgan fingerprint density at radius 3 is 2.56 bits per heavy atom. The number of carboxylic acids is 1. The average Bonchev–Trinajstić information content (AvgIpc) is 2.22. The second kappa shape index (κ2) is 9.11. The quantitative estimate of drug-likeness (QED) is 0.562. The summed E-state index contributed by atoms with van der Waals surface area (Å²) >= 11 is 0. The zero-order chi connectivity index (χ0) is 12.4. The first kappa shape index (κ1) is 14.9. The Bertz CT molecular complexity index is 221. The van der Waals surface area contributed by atoms with Crippen LogP contribution in [0.25, 0.3) is 0 Å². The number of amides is 1. The van der Waals surface area contributed by atoms with Gasteiger partial charge in [-0.3, -0.25) is 14.5 Å². The molecular weight excluding hydrogens is 212 g/mol. The van der Waals surface area contributed by atoms with E-state index in [1.165, 1.54) is 12.0 Å². The molecule has 1 amide bonds. The Hall–Kier alpha value is -1.14. The number of rotatable bonds is 9. The molecule has 0 rings (SSSR count). The van der Waals surface area contributed by atoms with Crippen LogP contribution >= 0.6 is 0 Å². The summed E-state index contributed by atoms with van der Waals surface area (Å²) in [5.41, 5.74) is 0. The fraction of sp³-hybridized carbons (Fsp3) is 0.800. The van der Waals surface area contributed by atoms with Crippen molar-refractivity contribution in [3.8, 4) is 0 Å². The normalized spacial score (nSPS) is 10.4. The maximum Gasteiger partial charge on any atom is 0.317 e. The second-order valence-electron chi connectivity index (χ2n) is 3.45. The van der Waals surface area contributed by atoms with Crippen LogP contribution in [0.5, 0.6) is 0 Å². The number of nitrogens with zero attached hydrogens (tertiary/aromatic N) is 1. The molecule has 2 N–H and O–H groups in total. The minimum Gasteiger partial charge on any atom is -0.480 e. The number of aliphatic carboxylic acids is 1. The van der Waals surface area contributed by atoms with E-state index < -0.39 is 5.97 Å². The number of nitrogens with one attached hydrogen (secondary N) is 1. The molecule has 6 nitrogen and oxygen atoms in total. The van der Waals surface area contributed by atoms with E-state index in [2.05, 4.69) is 5.32 Å². The van der Waals surface area contributed by atoms with E-state index in [1.54, 1.807) is 0 Å². The minimum atomic E-state index is -0.945. The van der Waals surface area contributed by atoms with Crippen LogP contribution in [0.3, 0.4) is 0 Å². The molecule has 0 aliphatic heterocycles.